The summed E-state index contributed by atoms with van der Waals surface area (Å²) in [6.07, 6.45) is 2.71. The van der Waals surface area contributed by atoms with Gasteiger partial charge in [-0.25, -0.2) is 18.7 Å². The van der Waals surface area contributed by atoms with Gasteiger partial charge in [0.2, 0.25) is 5.95 Å². The van der Waals surface area contributed by atoms with E-state index in [4.69, 9.17) is 10.5 Å². The number of nitrogen functional groups attached to an aromatic ring is 1. The molecule has 1 aromatic carbocycles. The number of thiophene rings is 1. The molecule has 2 saturated heterocycles. The first-order chi connectivity index (χ1) is 17.0. The number of aromatic nitrogens is 3. The zero-order chi connectivity index (χ0) is 23.8. The van der Waals surface area contributed by atoms with E-state index in [1.807, 2.05) is 6.07 Å². The molecule has 0 amide bonds. The molecule has 0 bridgehead atoms. The van der Waals surface area contributed by atoms with Crippen molar-refractivity contribution in [3.05, 3.63) is 40.7 Å². The normalized spacial score (nSPS) is 21.1. The van der Waals surface area contributed by atoms with Crippen LogP contribution < -0.4 is 16.0 Å². The SMILES string of the molecule is N#Cc1c(N)sc2c(F)cnc(-c3c4c(c5cnc(N6C[C@H]7CNC[C@H]7C6)nc5c3F)COC4)c12. The summed E-state index contributed by atoms with van der Waals surface area (Å²) < 4.78 is 36.8. The molecule has 0 unspecified atom stereocenters. The van der Waals surface area contributed by atoms with Gasteiger partial charge in [0.1, 0.15) is 16.6 Å². The third-order valence-corrected chi connectivity index (χ3v) is 8.43. The van der Waals surface area contributed by atoms with Crippen LogP contribution in [0.25, 0.3) is 32.2 Å². The van der Waals surface area contributed by atoms with Crippen LogP contribution in [0, 0.1) is 34.8 Å². The number of anilines is 2. The molecular formula is C24H19F2N7OS. The van der Waals surface area contributed by atoms with Crippen molar-refractivity contribution in [2.24, 2.45) is 11.8 Å². The number of nitrogens with one attached hydrogen (secondary N) is 1. The Kier molecular flexibility index (Phi) is 4.48. The molecule has 176 valence electrons. The predicted molar refractivity (Wildman–Crippen MR) is 128 cm³/mol. The van der Waals surface area contributed by atoms with Crippen LogP contribution >= 0.6 is 11.3 Å². The number of nitrogens with two attached hydrogens (primary N) is 1. The highest BCUT2D eigenvalue weighted by molar-refractivity contribution is 7.23. The van der Waals surface area contributed by atoms with E-state index >= 15 is 4.39 Å². The second-order valence-electron chi connectivity index (χ2n) is 9.27. The molecule has 3 aliphatic rings. The van der Waals surface area contributed by atoms with Gasteiger partial charge >= 0.3 is 0 Å². The Morgan fingerprint density at radius 1 is 1.14 bits per heavy atom. The second kappa shape index (κ2) is 7.52. The smallest absolute Gasteiger partial charge is 0.225 e. The first-order valence-corrected chi connectivity index (χ1v) is 12.2. The minimum Gasteiger partial charge on any atom is -0.389 e. The summed E-state index contributed by atoms with van der Waals surface area (Å²) in [7, 11) is 0. The summed E-state index contributed by atoms with van der Waals surface area (Å²) in [4.78, 5) is 15.6. The summed E-state index contributed by atoms with van der Waals surface area (Å²) in [5, 5.41) is 14.1. The number of rotatable bonds is 2. The van der Waals surface area contributed by atoms with Gasteiger partial charge in [-0.3, -0.25) is 4.98 Å². The van der Waals surface area contributed by atoms with E-state index in [0.29, 0.717) is 28.7 Å². The number of ether oxygens (including phenoxy) is 1. The number of benzene rings is 1. The van der Waals surface area contributed by atoms with Crippen molar-refractivity contribution in [3.63, 3.8) is 0 Å². The first kappa shape index (κ1) is 20.9. The number of nitrogens with zero attached hydrogens (tertiary/aromatic N) is 5. The van der Waals surface area contributed by atoms with Crippen molar-refractivity contribution in [1.29, 1.82) is 5.26 Å². The quantitative estimate of drug-likeness (QED) is 0.439. The van der Waals surface area contributed by atoms with Gasteiger partial charge in [0.15, 0.2) is 11.6 Å². The second-order valence-corrected chi connectivity index (χ2v) is 10.3. The third-order valence-electron chi connectivity index (χ3n) is 7.40. The first-order valence-electron chi connectivity index (χ1n) is 11.4. The highest BCUT2D eigenvalue weighted by Crippen LogP contribution is 2.45. The van der Waals surface area contributed by atoms with Crippen molar-refractivity contribution >= 4 is 43.3 Å². The summed E-state index contributed by atoms with van der Waals surface area (Å²) in [6.45, 7) is 4.04. The van der Waals surface area contributed by atoms with Crippen LogP contribution in [0.3, 0.4) is 0 Å². The van der Waals surface area contributed by atoms with E-state index in [1.165, 1.54) is 0 Å². The minimum atomic E-state index is -0.602. The lowest BCUT2D eigenvalue weighted by molar-refractivity contribution is 0.135. The van der Waals surface area contributed by atoms with E-state index in [-0.39, 0.29) is 50.6 Å². The van der Waals surface area contributed by atoms with Crippen LogP contribution in [0.5, 0.6) is 0 Å². The number of pyridine rings is 1. The van der Waals surface area contributed by atoms with Crippen LogP contribution in [-0.4, -0.2) is 41.1 Å². The number of hydrogen-bond acceptors (Lipinski definition) is 9. The lowest BCUT2D eigenvalue weighted by Crippen LogP contribution is -2.27. The Bertz CT molecular complexity index is 1590. The number of nitriles is 1. The molecule has 6 heterocycles. The Morgan fingerprint density at radius 2 is 1.91 bits per heavy atom. The van der Waals surface area contributed by atoms with Crippen molar-refractivity contribution in [2.75, 3.05) is 36.8 Å². The maximum Gasteiger partial charge on any atom is 0.225 e. The average Bonchev–Trinajstić information content (AvgIpc) is 3.63. The highest BCUT2D eigenvalue weighted by Gasteiger charge is 2.37. The zero-order valence-electron chi connectivity index (χ0n) is 18.4. The summed E-state index contributed by atoms with van der Waals surface area (Å²) in [5.74, 6) is 0.379. The predicted octanol–water partition coefficient (Wildman–Crippen LogP) is 3.32. The molecular weight excluding hydrogens is 472 g/mol. The van der Waals surface area contributed by atoms with Gasteiger partial charge in [-0.05, 0) is 23.0 Å². The topological polar surface area (TPSA) is 113 Å². The largest absolute Gasteiger partial charge is 0.389 e. The molecule has 0 radical (unpaired) electrons. The summed E-state index contributed by atoms with van der Waals surface area (Å²) >= 11 is 0.958. The fourth-order valence-electron chi connectivity index (χ4n) is 5.71. The van der Waals surface area contributed by atoms with Crippen molar-refractivity contribution in [2.45, 2.75) is 13.2 Å². The Morgan fingerprint density at radius 3 is 2.69 bits per heavy atom. The molecule has 3 aromatic heterocycles. The molecule has 35 heavy (non-hydrogen) atoms. The zero-order valence-corrected chi connectivity index (χ0v) is 19.3. The molecule has 4 aromatic rings. The lowest BCUT2D eigenvalue weighted by Gasteiger charge is -2.19. The van der Waals surface area contributed by atoms with Gasteiger partial charge in [0.05, 0.1) is 35.4 Å². The lowest BCUT2D eigenvalue weighted by atomic mass is 9.94. The van der Waals surface area contributed by atoms with Crippen molar-refractivity contribution in [3.8, 4) is 17.3 Å². The molecule has 3 aliphatic heterocycles. The molecule has 2 atom stereocenters. The van der Waals surface area contributed by atoms with Crippen molar-refractivity contribution in [1.82, 2.24) is 20.3 Å². The number of halogens is 2. The summed E-state index contributed by atoms with van der Waals surface area (Å²) in [6, 6.07) is 2.03. The molecule has 0 aliphatic carbocycles. The molecule has 3 N–H and O–H groups in total. The van der Waals surface area contributed by atoms with Crippen LogP contribution in [0.4, 0.5) is 19.7 Å². The van der Waals surface area contributed by atoms with Gasteiger partial charge in [-0.2, -0.15) is 5.26 Å². The molecule has 8 nitrogen and oxygen atoms in total. The Hall–Kier alpha value is -3.46. The summed E-state index contributed by atoms with van der Waals surface area (Å²) in [5.41, 5.74) is 8.02. The van der Waals surface area contributed by atoms with Gasteiger partial charge in [0.25, 0.3) is 0 Å². The van der Waals surface area contributed by atoms with E-state index in [9.17, 15) is 9.65 Å². The van der Waals surface area contributed by atoms with Crippen molar-refractivity contribution < 1.29 is 13.5 Å². The fraction of sp³-hybridized carbons (Fsp3) is 0.333. The van der Waals surface area contributed by atoms with Gasteiger partial charge in [-0.15, -0.1) is 11.3 Å². The Labute approximate surface area is 202 Å². The monoisotopic (exact) mass is 491 g/mol. The molecule has 0 saturated carbocycles. The van der Waals surface area contributed by atoms with Crippen LogP contribution in [-0.2, 0) is 18.0 Å². The average molecular weight is 492 g/mol. The third kappa shape index (κ3) is 2.90. The van der Waals surface area contributed by atoms with Crippen LogP contribution in [0.1, 0.15) is 16.7 Å². The maximum absolute atomic E-state index is 16.4. The molecule has 0 spiro atoms. The molecule has 2 fully saturated rings. The van der Waals surface area contributed by atoms with E-state index in [1.54, 1.807) is 6.20 Å². The highest BCUT2D eigenvalue weighted by atomic mass is 32.1. The Balaban J connectivity index is 1.47. The number of fused-ring (bicyclic) bond motifs is 5. The maximum atomic E-state index is 16.4. The van der Waals surface area contributed by atoms with Crippen LogP contribution in [0.2, 0.25) is 0 Å². The fourth-order valence-corrected chi connectivity index (χ4v) is 6.63. The van der Waals surface area contributed by atoms with Crippen LogP contribution in [0.15, 0.2) is 12.4 Å². The van der Waals surface area contributed by atoms with Gasteiger partial charge in [-0.1, -0.05) is 0 Å². The van der Waals surface area contributed by atoms with E-state index in [2.05, 4.69) is 25.2 Å². The van der Waals surface area contributed by atoms with Gasteiger partial charge in [0, 0.05) is 48.7 Å². The standard InChI is InChI=1S/C24H19F2N7OS/c25-16-5-30-21(18-12(1-27)23(28)35-22(16)18)17-15-9-34-8-14(15)13-4-31-24(32-20(13)19(17)26)33-6-10-2-29-3-11(10)7-33/h4-5,10-11,29H,2-3,6-9,28H2/t10-,11+. The minimum absolute atomic E-state index is 0.0970. The number of hydrogen-bond donors (Lipinski definition) is 2. The molecule has 7 rings (SSSR count). The van der Waals surface area contributed by atoms with Gasteiger partial charge < -0.3 is 20.7 Å². The van der Waals surface area contributed by atoms with E-state index < -0.39 is 11.6 Å². The van der Waals surface area contributed by atoms with E-state index in [0.717, 1.165) is 49.3 Å². The molecule has 11 heteroatoms.